The SMILES string of the molecule is Cc1nc2cccc3c2n1-c1ccc(-c2nc4ccccc4nc2-c2ccccc2)cc1O3.Cc1nc2cccc3c2n1-c1ccc(-n2c4ccccc4c4c5ccccc5ccc42)cc1O3.Cc1nc2cccc3c2n1-c1ccc(-n2c4ccccc4c4ccccc42)cc1O3. The van der Waals surface area contributed by atoms with Crippen molar-refractivity contribution in [1.82, 2.24) is 47.8 Å². The molecule has 0 saturated carbocycles. The Morgan fingerprint density at radius 2 is 0.660 bits per heavy atom. The summed E-state index contributed by atoms with van der Waals surface area (Å²) in [5.41, 5.74) is 21.3. The van der Waals surface area contributed by atoms with Crippen LogP contribution in [0.3, 0.4) is 0 Å². The summed E-state index contributed by atoms with van der Waals surface area (Å²) in [4.78, 5) is 24.2. The number of hydrogen-bond donors (Lipinski definition) is 0. The predicted molar refractivity (Wildman–Crippen MR) is 388 cm³/mol. The summed E-state index contributed by atoms with van der Waals surface area (Å²) in [7, 11) is 0. The minimum atomic E-state index is 0.780. The Morgan fingerprint density at radius 1 is 0.258 bits per heavy atom. The third kappa shape index (κ3) is 8.28. The molecule has 0 fully saturated rings. The van der Waals surface area contributed by atoms with Gasteiger partial charge in [-0.3, -0.25) is 13.7 Å². The van der Waals surface area contributed by atoms with Crippen LogP contribution in [0.4, 0.5) is 0 Å². The maximum Gasteiger partial charge on any atom is 0.153 e. The molecule has 13 nitrogen and oxygen atoms in total. The summed E-state index contributed by atoms with van der Waals surface area (Å²) in [5.74, 6) is 7.82. The largest absolute Gasteiger partial charge is 0.453 e. The minimum Gasteiger partial charge on any atom is -0.453 e. The topological polar surface area (TPSA) is 117 Å². The quantitative estimate of drug-likeness (QED) is 0.171. The fourth-order valence-corrected chi connectivity index (χ4v) is 15.1. The number of hydrogen-bond acceptors (Lipinski definition) is 8. The molecule has 0 saturated heterocycles. The monoisotopic (exact) mass is 1250 g/mol. The Labute approximate surface area is 554 Å². The van der Waals surface area contributed by atoms with Crippen molar-refractivity contribution in [3.63, 3.8) is 0 Å². The number of para-hydroxylation sites is 8. The normalized spacial score (nSPS) is 12.3. The van der Waals surface area contributed by atoms with Crippen molar-refractivity contribution in [2.24, 2.45) is 0 Å². The molecule has 0 amide bonds. The van der Waals surface area contributed by atoms with Crippen molar-refractivity contribution < 1.29 is 14.2 Å². The number of nitrogens with zero attached hydrogens (tertiary/aromatic N) is 10. The predicted octanol–water partition coefficient (Wildman–Crippen LogP) is 20.9. The number of fused-ring (bicyclic) bond motifs is 15. The molecule has 458 valence electrons. The number of aromatic nitrogens is 10. The molecule has 13 heteroatoms. The number of aryl methyl sites for hydroxylation is 3. The Kier molecular flexibility index (Phi) is 11.7. The van der Waals surface area contributed by atoms with Crippen LogP contribution in [0.25, 0.3) is 149 Å². The second-order valence-corrected chi connectivity index (χ2v) is 24.8. The van der Waals surface area contributed by atoms with Gasteiger partial charge >= 0.3 is 0 Å². The van der Waals surface area contributed by atoms with E-state index in [0.717, 1.165) is 147 Å². The molecular weight excluding hydrogens is 1200 g/mol. The van der Waals surface area contributed by atoms with Crippen LogP contribution in [0.1, 0.15) is 17.5 Å². The molecule has 22 rings (SSSR count). The van der Waals surface area contributed by atoms with Gasteiger partial charge in [-0.15, -0.1) is 0 Å². The highest BCUT2D eigenvalue weighted by molar-refractivity contribution is 6.21. The first kappa shape index (κ1) is 54.4. The Balaban J connectivity index is 0.0000000993. The third-order valence-electron chi connectivity index (χ3n) is 19.2. The van der Waals surface area contributed by atoms with E-state index in [1.807, 2.05) is 118 Å². The summed E-state index contributed by atoms with van der Waals surface area (Å²) in [6.07, 6.45) is 0. The second-order valence-electron chi connectivity index (χ2n) is 24.8. The fraction of sp³-hybridized carbons (Fsp3) is 0.0357. The molecule has 0 radical (unpaired) electrons. The first-order valence-corrected chi connectivity index (χ1v) is 32.5. The highest BCUT2D eigenvalue weighted by Crippen LogP contribution is 2.48. The van der Waals surface area contributed by atoms with Gasteiger partial charge in [0.15, 0.2) is 34.5 Å². The van der Waals surface area contributed by atoms with E-state index in [1.54, 1.807) is 0 Å². The van der Waals surface area contributed by atoms with E-state index in [-0.39, 0.29) is 0 Å². The van der Waals surface area contributed by atoms with Crippen LogP contribution in [0.15, 0.2) is 273 Å². The molecule has 0 aliphatic carbocycles. The van der Waals surface area contributed by atoms with Gasteiger partial charge in [0.25, 0.3) is 0 Å². The summed E-state index contributed by atoms with van der Waals surface area (Å²) >= 11 is 0. The van der Waals surface area contributed by atoms with Gasteiger partial charge in [0.1, 0.15) is 34.0 Å². The maximum atomic E-state index is 6.42. The van der Waals surface area contributed by atoms with Crippen molar-refractivity contribution in [3.05, 3.63) is 290 Å². The molecule has 0 unspecified atom stereocenters. The average Bonchev–Trinajstić information content (AvgIpc) is 1.61. The van der Waals surface area contributed by atoms with E-state index in [2.05, 4.69) is 199 Å². The molecular formula is C84H54N10O3. The van der Waals surface area contributed by atoms with E-state index < -0.39 is 0 Å². The summed E-state index contributed by atoms with van der Waals surface area (Å²) in [6, 6.07) is 94.2. The van der Waals surface area contributed by atoms with Crippen LogP contribution in [-0.4, -0.2) is 47.8 Å². The first-order valence-electron chi connectivity index (χ1n) is 32.5. The molecule has 13 aromatic carbocycles. The van der Waals surface area contributed by atoms with Gasteiger partial charge < -0.3 is 23.3 Å². The highest BCUT2D eigenvalue weighted by Gasteiger charge is 2.28. The van der Waals surface area contributed by atoms with E-state index in [0.29, 0.717) is 0 Å². The molecule has 0 bridgehead atoms. The van der Waals surface area contributed by atoms with Gasteiger partial charge in [0.2, 0.25) is 0 Å². The molecule has 9 heterocycles. The molecule has 3 aliphatic rings. The molecule has 3 aliphatic heterocycles. The van der Waals surface area contributed by atoms with Gasteiger partial charge in [-0.05, 0) is 141 Å². The van der Waals surface area contributed by atoms with Crippen LogP contribution in [0.5, 0.6) is 34.5 Å². The molecule has 0 spiro atoms. The van der Waals surface area contributed by atoms with Crippen LogP contribution in [0.2, 0.25) is 0 Å². The van der Waals surface area contributed by atoms with Crippen LogP contribution in [0, 0.1) is 20.8 Å². The van der Waals surface area contributed by atoms with Crippen molar-refractivity contribution in [3.8, 4) is 85.4 Å². The number of benzene rings is 13. The zero-order valence-corrected chi connectivity index (χ0v) is 52.7. The lowest BCUT2D eigenvalue weighted by molar-refractivity contribution is 0.474. The smallest absolute Gasteiger partial charge is 0.153 e. The number of rotatable bonds is 4. The fourth-order valence-electron chi connectivity index (χ4n) is 15.1. The number of imidazole rings is 3. The molecule has 19 aromatic rings. The van der Waals surface area contributed by atoms with Gasteiger partial charge in [-0.2, -0.15) is 0 Å². The maximum absolute atomic E-state index is 6.42. The van der Waals surface area contributed by atoms with E-state index in [1.165, 1.54) is 54.4 Å². The van der Waals surface area contributed by atoms with Crippen molar-refractivity contribution in [2.45, 2.75) is 20.8 Å². The van der Waals surface area contributed by atoms with E-state index in [9.17, 15) is 0 Å². The molecule has 6 aromatic heterocycles. The lowest BCUT2D eigenvalue weighted by atomic mass is 10.0. The molecule has 0 atom stereocenters. The Hall–Kier alpha value is -13.1. The van der Waals surface area contributed by atoms with E-state index >= 15 is 0 Å². The van der Waals surface area contributed by atoms with Crippen LogP contribution >= 0.6 is 0 Å². The van der Waals surface area contributed by atoms with Gasteiger partial charge in [0.05, 0.1) is 89.5 Å². The zero-order chi connectivity index (χ0) is 64.1. The number of ether oxygens (including phenoxy) is 3. The lowest BCUT2D eigenvalue weighted by Crippen LogP contribution is -2.06. The van der Waals surface area contributed by atoms with E-state index in [4.69, 9.17) is 39.1 Å². The van der Waals surface area contributed by atoms with Crippen molar-refractivity contribution in [2.75, 3.05) is 0 Å². The van der Waals surface area contributed by atoms with Crippen molar-refractivity contribution >= 4 is 98.5 Å². The standard InChI is InChI=1S/C30H19N3O.C28H18N4O.C26H17N3O/c1-18-31-23-10-6-12-27-30(23)32(18)25-16-14-20(17-28(25)34-27)33-24-11-5-4-9-22(24)29-21-8-3-2-7-19(21)13-15-26(29)33;1-17-29-22-12-7-13-24-28(22)32(17)23-15-14-19(16-25(23)33-24)27-26(18-8-3-2-4-9-18)30-20-10-5-6-11-21(20)31-27;1-16-27-20-9-6-12-24-26(20)28(16)23-14-13-17(15-25(23)30-24)29-21-10-4-2-7-18(21)19-8-3-5-11-22(19)29/h2-17H,1H3;2-16H,1H3;2-15H,1H3. The Bertz CT molecular complexity index is 6500. The second kappa shape index (κ2) is 20.9. The van der Waals surface area contributed by atoms with Gasteiger partial charge in [-0.25, -0.2) is 24.9 Å². The van der Waals surface area contributed by atoms with Gasteiger partial charge in [0, 0.05) is 44.8 Å². The van der Waals surface area contributed by atoms with Crippen LogP contribution < -0.4 is 14.2 Å². The molecule has 0 N–H and O–H groups in total. The summed E-state index contributed by atoms with van der Waals surface area (Å²) in [6.45, 7) is 6.11. The van der Waals surface area contributed by atoms with Crippen LogP contribution in [-0.2, 0) is 0 Å². The zero-order valence-electron chi connectivity index (χ0n) is 52.7. The summed E-state index contributed by atoms with van der Waals surface area (Å²) < 4.78 is 30.3. The van der Waals surface area contributed by atoms with Crippen molar-refractivity contribution in [1.29, 1.82) is 0 Å². The van der Waals surface area contributed by atoms with Gasteiger partial charge in [-0.1, -0.05) is 152 Å². The average molecular weight is 1250 g/mol. The third-order valence-corrected chi connectivity index (χ3v) is 19.2. The first-order chi connectivity index (χ1) is 47.8. The lowest BCUT2D eigenvalue weighted by Gasteiger charge is -2.21. The Morgan fingerprint density at radius 3 is 1.19 bits per heavy atom. The summed E-state index contributed by atoms with van der Waals surface area (Å²) in [5, 5.41) is 7.57. The minimum absolute atomic E-state index is 0.780. The molecule has 97 heavy (non-hydrogen) atoms. The highest BCUT2D eigenvalue weighted by atomic mass is 16.5.